The lowest BCUT2D eigenvalue weighted by molar-refractivity contribution is 0.260. The number of nitrogens with zero attached hydrogens (tertiary/aromatic N) is 6. The van der Waals surface area contributed by atoms with Gasteiger partial charge in [-0.15, -0.1) is 24.0 Å². The van der Waals surface area contributed by atoms with Gasteiger partial charge in [0.15, 0.2) is 5.96 Å². The average molecular weight is 516 g/mol. The van der Waals surface area contributed by atoms with E-state index in [2.05, 4.69) is 49.1 Å². The van der Waals surface area contributed by atoms with Crippen molar-refractivity contribution in [1.82, 2.24) is 30.4 Å². The van der Waals surface area contributed by atoms with E-state index in [0.717, 1.165) is 70.8 Å². The number of likely N-dealkylation sites (N-methyl/N-ethyl adjacent to an activating group) is 1. The Labute approximate surface area is 192 Å². The number of likely N-dealkylation sites (tertiary alicyclic amines) is 1. The summed E-state index contributed by atoms with van der Waals surface area (Å²) >= 11 is 0. The number of hydrogen-bond donors (Lipinski definition) is 2. The number of nitrogens with one attached hydrogen (secondary N) is 2. The maximum Gasteiger partial charge on any atom is 0.225 e. The molecule has 3 rings (SSSR count). The van der Waals surface area contributed by atoms with Crippen LogP contribution in [0.15, 0.2) is 23.5 Å². The molecule has 0 radical (unpaired) electrons. The van der Waals surface area contributed by atoms with Crippen LogP contribution in [0.3, 0.4) is 0 Å². The quantitative estimate of drug-likeness (QED) is 0.306. The molecule has 2 aliphatic heterocycles. The highest BCUT2D eigenvalue weighted by Crippen LogP contribution is 2.16. The molecular formula is C20H37IN8. The molecule has 0 amide bonds. The molecule has 1 unspecified atom stereocenters. The first-order chi connectivity index (χ1) is 13.8. The Bertz CT molecular complexity index is 591. The fourth-order valence-corrected chi connectivity index (χ4v) is 4.02. The molecule has 3 heterocycles. The lowest BCUT2D eigenvalue weighted by Gasteiger charge is -2.34. The third-order valence-corrected chi connectivity index (χ3v) is 5.64. The Morgan fingerprint density at radius 2 is 1.86 bits per heavy atom. The van der Waals surface area contributed by atoms with Crippen molar-refractivity contribution >= 4 is 35.9 Å². The third kappa shape index (κ3) is 7.53. The van der Waals surface area contributed by atoms with Crippen LogP contribution in [-0.4, -0.2) is 97.2 Å². The molecule has 2 aliphatic rings. The van der Waals surface area contributed by atoms with Crippen molar-refractivity contribution in [2.45, 2.75) is 32.7 Å². The second-order valence-corrected chi connectivity index (χ2v) is 7.45. The van der Waals surface area contributed by atoms with Crippen molar-refractivity contribution in [1.29, 1.82) is 0 Å². The fourth-order valence-electron chi connectivity index (χ4n) is 4.02. The largest absolute Gasteiger partial charge is 0.357 e. The molecule has 0 aromatic carbocycles. The number of piperazine rings is 1. The Hall–Kier alpha value is -1.20. The van der Waals surface area contributed by atoms with E-state index in [1.165, 1.54) is 19.4 Å². The van der Waals surface area contributed by atoms with E-state index in [1.807, 2.05) is 18.5 Å². The van der Waals surface area contributed by atoms with Gasteiger partial charge >= 0.3 is 0 Å². The summed E-state index contributed by atoms with van der Waals surface area (Å²) in [5.74, 6) is 1.79. The number of aliphatic imine (C=N–C) groups is 1. The Balaban J connectivity index is 0.00000300. The zero-order valence-electron chi connectivity index (χ0n) is 17.9. The van der Waals surface area contributed by atoms with Crippen LogP contribution in [0.5, 0.6) is 0 Å². The van der Waals surface area contributed by atoms with E-state index in [-0.39, 0.29) is 24.0 Å². The van der Waals surface area contributed by atoms with Crippen molar-refractivity contribution in [3.8, 4) is 0 Å². The average Bonchev–Trinajstić information content (AvgIpc) is 3.21. The van der Waals surface area contributed by atoms with Crippen molar-refractivity contribution in [2.24, 2.45) is 4.99 Å². The Morgan fingerprint density at radius 3 is 2.55 bits per heavy atom. The van der Waals surface area contributed by atoms with Crippen molar-refractivity contribution in [2.75, 3.05) is 70.3 Å². The van der Waals surface area contributed by atoms with Crippen LogP contribution in [0.25, 0.3) is 0 Å². The van der Waals surface area contributed by atoms with E-state index >= 15 is 0 Å². The van der Waals surface area contributed by atoms with E-state index in [0.29, 0.717) is 6.04 Å². The summed E-state index contributed by atoms with van der Waals surface area (Å²) in [4.78, 5) is 20.8. The molecule has 0 aliphatic carbocycles. The lowest BCUT2D eigenvalue weighted by Crippen LogP contribution is -2.49. The summed E-state index contributed by atoms with van der Waals surface area (Å²) in [6, 6.07) is 2.47. The van der Waals surface area contributed by atoms with Gasteiger partial charge in [-0.05, 0) is 38.9 Å². The first-order valence-corrected chi connectivity index (χ1v) is 10.8. The monoisotopic (exact) mass is 516 g/mol. The number of anilines is 1. The molecule has 0 bridgehead atoms. The summed E-state index contributed by atoms with van der Waals surface area (Å²) in [5, 5.41) is 6.89. The zero-order chi connectivity index (χ0) is 19.6. The molecule has 2 N–H and O–H groups in total. The van der Waals surface area contributed by atoms with Gasteiger partial charge in [-0.2, -0.15) is 0 Å². The Kier molecular flexibility index (Phi) is 10.9. The van der Waals surface area contributed by atoms with Crippen LogP contribution in [0.1, 0.15) is 26.7 Å². The highest BCUT2D eigenvalue weighted by Gasteiger charge is 2.22. The van der Waals surface area contributed by atoms with Gasteiger partial charge in [0.2, 0.25) is 5.95 Å². The molecule has 9 heteroatoms. The summed E-state index contributed by atoms with van der Waals surface area (Å²) < 4.78 is 0. The van der Waals surface area contributed by atoms with Gasteiger partial charge < -0.3 is 15.5 Å². The van der Waals surface area contributed by atoms with Crippen molar-refractivity contribution in [3.05, 3.63) is 18.5 Å². The first-order valence-electron chi connectivity index (χ1n) is 10.8. The van der Waals surface area contributed by atoms with Gasteiger partial charge in [0.25, 0.3) is 0 Å². The highest BCUT2D eigenvalue weighted by molar-refractivity contribution is 14.0. The van der Waals surface area contributed by atoms with Crippen LogP contribution in [0.4, 0.5) is 5.95 Å². The maximum atomic E-state index is 4.84. The van der Waals surface area contributed by atoms with Gasteiger partial charge in [0, 0.05) is 64.2 Å². The van der Waals surface area contributed by atoms with Crippen LogP contribution in [0, 0.1) is 0 Å². The molecule has 0 saturated carbocycles. The molecule has 2 saturated heterocycles. The number of guanidine groups is 1. The van der Waals surface area contributed by atoms with E-state index in [9.17, 15) is 0 Å². The van der Waals surface area contributed by atoms with E-state index < -0.39 is 0 Å². The summed E-state index contributed by atoms with van der Waals surface area (Å²) in [6.45, 7) is 14.5. The number of hydrogen-bond acceptors (Lipinski definition) is 6. The summed E-state index contributed by atoms with van der Waals surface area (Å²) in [6.07, 6.45) is 6.20. The van der Waals surface area contributed by atoms with Gasteiger partial charge in [0.1, 0.15) is 0 Å². The van der Waals surface area contributed by atoms with Crippen molar-refractivity contribution < 1.29 is 0 Å². The summed E-state index contributed by atoms with van der Waals surface area (Å²) in [7, 11) is 0. The predicted molar refractivity (Wildman–Crippen MR) is 130 cm³/mol. The second-order valence-electron chi connectivity index (χ2n) is 7.45. The fraction of sp³-hybridized carbons (Fsp3) is 0.750. The standard InChI is InChI=1S/C20H36N8.HI/c1-3-21-19(25-17-18-7-5-11-27(18)4-2)22-10-12-26-13-15-28(16-14-26)20-23-8-6-9-24-20;/h6,8-9,18H,3-5,7,10-17H2,1-2H3,(H2,21,22,25);1H. The molecule has 0 spiro atoms. The summed E-state index contributed by atoms with van der Waals surface area (Å²) in [5.41, 5.74) is 0. The molecule has 29 heavy (non-hydrogen) atoms. The second kappa shape index (κ2) is 13.2. The molecule has 1 atom stereocenters. The van der Waals surface area contributed by atoms with Gasteiger partial charge in [0.05, 0.1) is 6.54 Å². The number of halogens is 1. The van der Waals surface area contributed by atoms with Gasteiger partial charge in [-0.1, -0.05) is 6.92 Å². The smallest absolute Gasteiger partial charge is 0.225 e. The molecule has 1 aromatic rings. The number of rotatable bonds is 8. The van der Waals surface area contributed by atoms with Gasteiger partial charge in [-0.25, -0.2) is 9.97 Å². The van der Waals surface area contributed by atoms with Crippen LogP contribution in [0.2, 0.25) is 0 Å². The Morgan fingerprint density at radius 1 is 1.10 bits per heavy atom. The third-order valence-electron chi connectivity index (χ3n) is 5.64. The predicted octanol–water partition coefficient (Wildman–Crippen LogP) is 1.26. The van der Waals surface area contributed by atoms with Gasteiger partial charge in [-0.3, -0.25) is 14.8 Å². The first kappa shape index (κ1) is 24.1. The normalized spacial score (nSPS) is 21.1. The maximum absolute atomic E-state index is 4.84. The highest BCUT2D eigenvalue weighted by atomic mass is 127. The van der Waals surface area contributed by atoms with E-state index in [1.54, 1.807) is 0 Å². The molecule has 2 fully saturated rings. The molecule has 8 nitrogen and oxygen atoms in total. The zero-order valence-corrected chi connectivity index (χ0v) is 20.2. The van der Waals surface area contributed by atoms with Crippen LogP contribution >= 0.6 is 24.0 Å². The van der Waals surface area contributed by atoms with Crippen LogP contribution in [-0.2, 0) is 0 Å². The molecule has 164 valence electrons. The topological polar surface area (TPSA) is 71.9 Å². The molecular weight excluding hydrogens is 479 g/mol. The van der Waals surface area contributed by atoms with Crippen molar-refractivity contribution in [3.63, 3.8) is 0 Å². The SMILES string of the molecule is CCNC(=NCC1CCCN1CC)NCCN1CCN(c2ncccn2)CC1.I. The minimum atomic E-state index is 0. The number of aromatic nitrogens is 2. The van der Waals surface area contributed by atoms with E-state index in [4.69, 9.17) is 4.99 Å². The molecule has 1 aromatic heterocycles. The minimum absolute atomic E-state index is 0. The van der Waals surface area contributed by atoms with Crippen LogP contribution < -0.4 is 15.5 Å². The minimum Gasteiger partial charge on any atom is -0.357 e. The lowest BCUT2D eigenvalue weighted by atomic mass is 10.2.